The Morgan fingerprint density at radius 3 is 2.68 bits per heavy atom. The summed E-state index contributed by atoms with van der Waals surface area (Å²) in [5.74, 6) is 0.0206. The smallest absolute Gasteiger partial charge is 0.258 e. The molecule has 0 spiro atoms. The van der Waals surface area contributed by atoms with Gasteiger partial charge in [0.2, 0.25) is 0 Å². The molecule has 1 aliphatic heterocycles. The molecule has 4 nitrogen and oxygen atoms in total. The van der Waals surface area contributed by atoms with Gasteiger partial charge in [-0.05, 0) is 68.5 Å². The highest BCUT2D eigenvalue weighted by molar-refractivity contribution is 6.07. The predicted octanol–water partition coefficient (Wildman–Crippen LogP) is 3.48. The van der Waals surface area contributed by atoms with E-state index in [1.807, 2.05) is 54.3 Å². The van der Waals surface area contributed by atoms with Crippen LogP contribution in [0.25, 0.3) is 0 Å². The average Bonchev–Trinajstić information content (AvgIpc) is 3.44. The molecule has 4 rings (SSSR count). The van der Waals surface area contributed by atoms with Gasteiger partial charge >= 0.3 is 0 Å². The Morgan fingerprint density at radius 2 is 1.92 bits per heavy atom. The summed E-state index contributed by atoms with van der Waals surface area (Å²) in [6.45, 7) is 2.71. The molecule has 0 radical (unpaired) electrons. The van der Waals surface area contributed by atoms with Crippen molar-refractivity contribution in [3.63, 3.8) is 0 Å². The van der Waals surface area contributed by atoms with E-state index in [4.69, 9.17) is 0 Å². The lowest BCUT2D eigenvalue weighted by atomic mass is 9.98. The van der Waals surface area contributed by atoms with Crippen LogP contribution < -0.4 is 10.2 Å². The third-order valence-corrected chi connectivity index (χ3v) is 4.88. The number of nitrogens with one attached hydrogen (secondary N) is 1. The Balaban J connectivity index is 1.61. The number of aryl methyl sites for hydroxylation is 2. The van der Waals surface area contributed by atoms with Crippen molar-refractivity contribution in [2.75, 3.05) is 11.4 Å². The molecule has 25 heavy (non-hydrogen) atoms. The minimum atomic E-state index is -0.00701. The van der Waals surface area contributed by atoms with E-state index in [1.165, 1.54) is 0 Å². The van der Waals surface area contributed by atoms with E-state index in [1.54, 1.807) is 0 Å². The summed E-state index contributed by atoms with van der Waals surface area (Å²) in [5, 5.41) is 3.02. The van der Waals surface area contributed by atoms with Crippen molar-refractivity contribution in [3.05, 3.63) is 64.7 Å². The molecule has 1 N–H and O–H groups in total. The molecule has 2 aromatic rings. The summed E-state index contributed by atoms with van der Waals surface area (Å²) < 4.78 is 0. The fourth-order valence-corrected chi connectivity index (χ4v) is 3.38. The lowest BCUT2D eigenvalue weighted by Crippen LogP contribution is -2.35. The zero-order valence-electron chi connectivity index (χ0n) is 14.4. The molecule has 4 heteroatoms. The van der Waals surface area contributed by atoms with E-state index in [9.17, 15) is 9.59 Å². The molecule has 0 bridgehead atoms. The summed E-state index contributed by atoms with van der Waals surface area (Å²) in [7, 11) is 0. The van der Waals surface area contributed by atoms with Crippen LogP contribution >= 0.6 is 0 Å². The van der Waals surface area contributed by atoms with E-state index in [-0.39, 0.29) is 11.8 Å². The van der Waals surface area contributed by atoms with E-state index < -0.39 is 0 Å². The SMILES string of the molecule is Cc1cccc(C(=O)N2CCCc3cc(C(=O)NC4CC4)ccc32)c1. The van der Waals surface area contributed by atoms with Crippen molar-refractivity contribution in [1.29, 1.82) is 0 Å². The van der Waals surface area contributed by atoms with Crippen molar-refractivity contribution >= 4 is 17.5 Å². The van der Waals surface area contributed by atoms with Crippen molar-refractivity contribution in [2.24, 2.45) is 0 Å². The number of benzene rings is 2. The molecule has 0 saturated heterocycles. The monoisotopic (exact) mass is 334 g/mol. The molecule has 2 amide bonds. The Kier molecular flexibility index (Phi) is 4.04. The highest BCUT2D eigenvalue weighted by Crippen LogP contribution is 2.30. The molecule has 0 aromatic heterocycles. The largest absolute Gasteiger partial charge is 0.349 e. The van der Waals surface area contributed by atoms with E-state index >= 15 is 0 Å². The Morgan fingerprint density at radius 1 is 1.08 bits per heavy atom. The first-order valence-electron chi connectivity index (χ1n) is 8.94. The van der Waals surface area contributed by atoms with Gasteiger partial charge in [0.15, 0.2) is 0 Å². The second kappa shape index (κ2) is 6.36. The first-order valence-corrected chi connectivity index (χ1v) is 8.94. The number of hydrogen-bond donors (Lipinski definition) is 1. The quantitative estimate of drug-likeness (QED) is 0.934. The van der Waals surface area contributed by atoms with Gasteiger partial charge in [-0.15, -0.1) is 0 Å². The van der Waals surface area contributed by atoms with Crippen molar-refractivity contribution in [3.8, 4) is 0 Å². The van der Waals surface area contributed by atoms with Gasteiger partial charge in [0, 0.05) is 29.4 Å². The number of amides is 2. The number of rotatable bonds is 3. The van der Waals surface area contributed by atoms with Crippen LogP contribution in [0.4, 0.5) is 5.69 Å². The van der Waals surface area contributed by atoms with Crippen molar-refractivity contribution < 1.29 is 9.59 Å². The minimum Gasteiger partial charge on any atom is -0.349 e. The fraction of sp³-hybridized carbons (Fsp3) is 0.333. The molecule has 2 aliphatic rings. The molecule has 0 atom stereocenters. The van der Waals surface area contributed by atoms with Crippen LogP contribution in [0.1, 0.15) is 51.1 Å². The van der Waals surface area contributed by atoms with Crippen LogP contribution in [0, 0.1) is 6.92 Å². The molecule has 1 fully saturated rings. The Labute approximate surface area is 147 Å². The van der Waals surface area contributed by atoms with Crippen LogP contribution in [0.15, 0.2) is 42.5 Å². The summed E-state index contributed by atoms with van der Waals surface area (Å²) >= 11 is 0. The summed E-state index contributed by atoms with van der Waals surface area (Å²) in [4.78, 5) is 27.0. The summed E-state index contributed by atoms with van der Waals surface area (Å²) in [6, 6.07) is 13.7. The van der Waals surface area contributed by atoms with Crippen LogP contribution in [0.2, 0.25) is 0 Å². The highest BCUT2D eigenvalue weighted by atomic mass is 16.2. The summed E-state index contributed by atoms with van der Waals surface area (Å²) in [5.41, 5.74) is 4.49. The standard InChI is InChI=1S/C21H22N2O2/c1-14-4-2-5-17(12-14)21(25)23-11-3-6-15-13-16(7-10-19(15)23)20(24)22-18-8-9-18/h2,4-5,7,10,12-13,18H,3,6,8-9,11H2,1H3,(H,22,24). The second-order valence-corrected chi connectivity index (χ2v) is 7.02. The van der Waals surface area contributed by atoms with Gasteiger partial charge in [-0.2, -0.15) is 0 Å². The number of anilines is 1. The third-order valence-electron chi connectivity index (χ3n) is 4.88. The minimum absolute atomic E-state index is 0.00701. The van der Waals surface area contributed by atoms with Gasteiger partial charge in [0.25, 0.3) is 11.8 Å². The maximum Gasteiger partial charge on any atom is 0.258 e. The Bertz CT molecular complexity index is 840. The number of hydrogen-bond acceptors (Lipinski definition) is 2. The third kappa shape index (κ3) is 3.29. The van der Waals surface area contributed by atoms with Crippen LogP contribution in [0.3, 0.4) is 0 Å². The van der Waals surface area contributed by atoms with Gasteiger partial charge in [-0.1, -0.05) is 17.7 Å². The van der Waals surface area contributed by atoms with E-state index in [0.29, 0.717) is 23.7 Å². The zero-order valence-corrected chi connectivity index (χ0v) is 14.4. The number of carbonyl (C=O) groups excluding carboxylic acids is 2. The summed E-state index contributed by atoms with van der Waals surface area (Å²) in [6.07, 6.45) is 3.97. The Hall–Kier alpha value is -2.62. The molecule has 128 valence electrons. The maximum absolute atomic E-state index is 12.9. The number of fused-ring (bicyclic) bond motifs is 1. The maximum atomic E-state index is 12.9. The molecule has 1 aliphatic carbocycles. The van der Waals surface area contributed by atoms with Crippen LogP contribution in [0.5, 0.6) is 0 Å². The number of nitrogens with zero attached hydrogens (tertiary/aromatic N) is 1. The first kappa shape index (κ1) is 15.9. The van der Waals surface area contributed by atoms with Crippen molar-refractivity contribution in [2.45, 2.75) is 38.6 Å². The lowest BCUT2D eigenvalue weighted by Gasteiger charge is -2.30. The van der Waals surface area contributed by atoms with Crippen LogP contribution in [-0.2, 0) is 6.42 Å². The zero-order chi connectivity index (χ0) is 17.4. The van der Waals surface area contributed by atoms with Crippen molar-refractivity contribution in [1.82, 2.24) is 5.32 Å². The van der Waals surface area contributed by atoms with E-state index in [2.05, 4.69) is 5.32 Å². The van der Waals surface area contributed by atoms with Gasteiger partial charge in [0.05, 0.1) is 0 Å². The predicted molar refractivity (Wildman–Crippen MR) is 98.1 cm³/mol. The van der Waals surface area contributed by atoms with Gasteiger partial charge in [-0.3, -0.25) is 9.59 Å². The first-order chi connectivity index (χ1) is 12.1. The lowest BCUT2D eigenvalue weighted by molar-refractivity contribution is 0.0950. The fourth-order valence-electron chi connectivity index (χ4n) is 3.38. The van der Waals surface area contributed by atoms with Crippen LogP contribution in [-0.4, -0.2) is 24.4 Å². The van der Waals surface area contributed by atoms with Gasteiger partial charge < -0.3 is 10.2 Å². The second-order valence-electron chi connectivity index (χ2n) is 7.02. The molecule has 2 aromatic carbocycles. The molecular weight excluding hydrogens is 312 g/mol. The average molecular weight is 334 g/mol. The van der Waals surface area contributed by atoms with E-state index in [0.717, 1.165) is 42.5 Å². The topological polar surface area (TPSA) is 49.4 Å². The van der Waals surface area contributed by atoms with Gasteiger partial charge in [-0.25, -0.2) is 0 Å². The molecular formula is C21H22N2O2. The van der Waals surface area contributed by atoms with Gasteiger partial charge in [0.1, 0.15) is 0 Å². The number of carbonyl (C=O) groups is 2. The normalized spacial score (nSPS) is 16.3. The molecule has 1 saturated carbocycles. The molecule has 1 heterocycles. The highest BCUT2D eigenvalue weighted by Gasteiger charge is 2.26. The molecule has 0 unspecified atom stereocenters.